The molecule has 9 nitrogen and oxygen atoms in total. The summed E-state index contributed by atoms with van der Waals surface area (Å²) in [5, 5.41) is 39.7. The molecule has 0 spiro atoms. The molecule has 256 valence electrons. The molecule has 0 aliphatic carbocycles. The van der Waals surface area contributed by atoms with Gasteiger partial charge in [-0.2, -0.15) is 0 Å². The molecule has 0 saturated carbocycles. The van der Waals surface area contributed by atoms with E-state index in [-0.39, 0.29) is 25.6 Å². The summed E-state index contributed by atoms with van der Waals surface area (Å²) < 4.78 is 22.5. The summed E-state index contributed by atoms with van der Waals surface area (Å²) in [6, 6.07) is 0. The van der Waals surface area contributed by atoms with Crippen molar-refractivity contribution < 1.29 is 44.2 Å². The Hall–Kier alpha value is -1.59. The van der Waals surface area contributed by atoms with Crippen LogP contribution in [0.2, 0.25) is 0 Å². The molecule has 0 aromatic heterocycles. The summed E-state index contributed by atoms with van der Waals surface area (Å²) in [5.41, 5.74) is 0. The van der Waals surface area contributed by atoms with Gasteiger partial charge in [-0.25, -0.2) is 0 Å². The molecule has 1 aliphatic rings. The lowest BCUT2D eigenvalue weighted by Gasteiger charge is -2.39. The Labute approximate surface area is 266 Å². The minimum atomic E-state index is -1.54. The number of carbonyl (C=O) groups excluding carboxylic acids is 1. The Balaban J connectivity index is 2.40. The summed E-state index contributed by atoms with van der Waals surface area (Å²) >= 11 is 0. The van der Waals surface area contributed by atoms with Crippen LogP contribution in [0.4, 0.5) is 0 Å². The van der Waals surface area contributed by atoms with Crippen LogP contribution in [0.3, 0.4) is 0 Å². The lowest BCUT2D eigenvalue weighted by Crippen LogP contribution is -2.59. The molecule has 1 rings (SSSR count). The Morgan fingerprint density at radius 1 is 0.750 bits per heavy atom. The quantitative estimate of drug-likeness (QED) is 0.0516. The zero-order chi connectivity index (χ0) is 32.3. The minimum Gasteiger partial charge on any atom is -0.457 e. The first-order valence-electron chi connectivity index (χ1n) is 17.1. The molecule has 6 atom stereocenters. The largest absolute Gasteiger partial charge is 0.457 e. The number of ether oxygens (including phenoxy) is 4. The second kappa shape index (κ2) is 27.7. The number of rotatable bonds is 27. The molecule has 1 heterocycles. The van der Waals surface area contributed by atoms with E-state index in [0.29, 0.717) is 6.61 Å². The summed E-state index contributed by atoms with van der Waals surface area (Å²) in [6.45, 7) is 4.35. The molecule has 1 saturated heterocycles. The first kappa shape index (κ1) is 40.4. The van der Waals surface area contributed by atoms with Crippen molar-refractivity contribution in [3.63, 3.8) is 0 Å². The highest BCUT2D eigenvalue weighted by Gasteiger charge is 2.44. The third-order valence-corrected chi connectivity index (χ3v) is 7.57. The number of allylic oxidation sites excluding steroid dienone is 6. The van der Waals surface area contributed by atoms with Gasteiger partial charge in [0.1, 0.15) is 30.5 Å². The van der Waals surface area contributed by atoms with Crippen molar-refractivity contribution in [2.75, 3.05) is 26.4 Å². The van der Waals surface area contributed by atoms with Crippen molar-refractivity contribution in [3.05, 3.63) is 36.5 Å². The second-order valence-electron chi connectivity index (χ2n) is 11.6. The van der Waals surface area contributed by atoms with Crippen LogP contribution in [0.15, 0.2) is 36.5 Å². The Kier molecular flexibility index (Phi) is 25.5. The molecule has 6 unspecified atom stereocenters. The summed E-state index contributed by atoms with van der Waals surface area (Å²) in [6.07, 6.45) is 21.8. The van der Waals surface area contributed by atoms with E-state index in [1.807, 2.05) is 0 Å². The Morgan fingerprint density at radius 2 is 1.39 bits per heavy atom. The van der Waals surface area contributed by atoms with Gasteiger partial charge < -0.3 is 39.4 Å². The van der Waals surface area contributed by atoms with E-state index < -0.39 is 43.4 Å². The summed E-state index contributed by atoms with van der Waals surface area (Å²) in [7, 11) is 0. The lowest BCUT2D eigenvalue weighted by molar-refractivity contribution is -0.305. The van der Waals surface area contributed by atoms with Crippen molar-refractivity contribution in [3.8, 4) is 0 Å². The van der Waals surface area contributed by atoms with Gasteiger partial charge in [0.25, 0.3) is 0 Å². The van der Waals surface area contributed by atoms with Gasteiger partial charge in [0.15, 0.2) is 6.29 Å². The number of aliphatic hydroxyl groups is 4. The van der Waals surface area contributed by atoms with E-state index in [2.05, 4.69) is 50.3 Å². The first-order chi connectivity index (χ1) is 21.4. The molecule has 4 N–H and O–H groups in total. The van der Waals surface area contributed by atoms with Crippen LogP contribution < -0.4 is 0 Å². The van der Waals surface area contributed by atoms with E-state index in [1.165, 1.54) is 38.5 Å². The highest BCUT2D eigenvalue weighted by atomic mass is 16.7. The van der Waals surface area contributed by atoms with Crippen molar-refractivity contribution in [2.24, 2.45) is 0 Å². The fourth-order valence-electron chi connectivity index (χ4n) is 4.86. The number of unbranched alkanes of at least 4 members (excludes halogenated alkanes) is 10. The average molecular weight is 627 g/mol. The van der Waals surface area contributed by atoms with Crippen LogP contribution >= 0.6 is 0 Å². The zero-order valence-electron chi connectivity index (χ0n) is 27.4. The normalized spacial score (nSPS) is 23.3. The van der Waals surface area contributed by atoms with Crippen LogP contribution in [0.25, 0.3) is 0 Å². The van der Waals surface area contributed by atoms with Crippen molar-refractivity contribution in [1.29, 1.82) is 0 Å². The number of carbonyl (C=O) groups is 1. The number of hydrogen-bond acceptors (Lipinski definition) is 9. The molecule has 44 heavy (non-hydrogen) atoms. The van der Waals surface area contributed by atoms with Gasteiger partial charge in [0, 0.05) is 13.0 Å². The summed E-state index contributed by atoms with van der Waals surface area (Å²) in [5.74, 6) is -0.346. The maximum atomic E-state index is 12.6. The average Bonchev–Trinajstić information content (AvgIpc) is 3.02. The van der Waals surface area contributed by atoms with Gasteiger partial charge in [-0.1, -0.05) is 102 Å². The van der Waals surface area contributed by atoms with E-state index in [9.17, 15) is 25.2 Å². The summed E-state index contributed by atoms with van der Waals surface area (Å²) in [4.78, 5) is 12.6. The van der Waals surface area contributed by atoms with Gasteiger partial charge in [0.05, 0.1) is 19.8 Å². The predicted molar refractivity (Wildman–Crippen MR) is 173 cm³/mol. The molecular weight excluding hydrogens is 564 g/mol. The topological polar surface area (TPSA) is 135 Å². The molecule has 0 aromatic rings. The smallest absolute Gasteiger partial charge is 0.306 e. The molecule has 0 aromatic carbocycles. The van der Waals surface area contributed by atoms with E-state index in [4.69, 9.17) is 18.9 Å². The maximum absolute atomic E-state index is 12.6. The predicted octanol–water partition coefficient (Wildman–Crippen LogP) is 5.68. The van der Waals surface area contributed by atoms with Gasteiger partial charge in [0.2, 0.25) is 0 Å². The Bertz CT molecular complexity index is 767. The molecule has 0 radical (unpaired) electrons. The SMILES string of the molecule is CC/C=C\C/C=C\C/C=C\CCCCCC(=O)OC(COCCCCCCCCCC)COC1OC(CO)C(O)C(O)C1O. The van der Waals surface area contributed by atoms with E-state index in [0.717, 1.165) is 57.8 Å². The number of esters is 1. The number of aliphatic hydroxyl groups excluding tert-OH is 4. The molecule has 1 fully saturated rings. The molecular formula is C35H62O9. The Morgan fingerprint density at radius 3 is 2.07 bits per heavy atom. The van der Waals surface area contributed by atoms with Crippen molar-refractivity contribution in [2.45, 2.75) is 153 Å². The standard InChI is InChI=1S/C35H62O9/c1-3-5-7-9-11-13-14-15-16-17-18-20-22-24-31(37)43-29(27-41-25-23-21-19-12-10-8-6-4-2)28-42-35-34(40)33(39)32(38)30(26-36)44-35/h5,7,11,13,15-16,29-30,32-36,38-40H,3-4,6,8-10,12,14,17-28H2,1-2H3/b7-5-,13-11-,16-15-. The third kappa shape index (κ3) is 19.7. The highest BCUT2D eigenvalue weighted by Crippen LogP contribution is 2.22. The van der Waals surface area contributed by atoms with Crippen LogP contribution in [0, 0.1) is 0 Å². The van der Waals surface area contributed by atoms with Crippen molar-refractivity contribution >= 4 is 5.97 Å². The lowest BCUT2D eigenvalue weighted by atomic mass is 9.99. The molecule has 0 amide bonds. The fourth-order valence-corrected chi connectivity index (χ4v) is 4.86. The van der Waals surface area contributed by atoms with E-state index >= 15 is 0 Å². The van der Waals surface area contributed by atoms with Crippen LogP contribution in [0.5, 0.6) is 0 Å². The maximum Gasteiger partial charge on any atom is 0.306 e. The number of hydrogen-bond donors (Lipinski definition) is 4. The molecule has 0 bridgehead atoms. The van der Waals surface area contributed by atoms with Gasteiger partial charge in [-0.15, -0.1) is 0 Å². The van der Waals surface area contributed by atoms with E-state index in [1.54, 1.807) is 0 Å². The monoisotopic (exact) mass is 626 g/mol. The first-order valence-corrected chi connectivity index (χ1v) is 17.1. The molecule has 9 heteroatoms. The minimum absolute atomic E-state index is 0.125. The fraction of sp³-hybridized carbons (Fsp3) is 0.800. The van der Waals surface area contributed by atoms with Gasteiger partial charge >= 0.3 is 5.97 Å². The zero-order valence-corrected chi connectivity index (χ0v) is 27.4. The van der Waals surface area contributed by atoms with Crippen LogP contribution in [0.1, 0.15) is 117 Å². The highest BCUT2D eigenvalue weighted by molar-refractivity contribution is 5.69. The third-order valence-electron chi connectivity index (χ3n) is 7.57. The van der Waals surface area contributed by atoms with Crippen LogP contribution in [-0.4, -0.2) is 89.6 Å². The van der Waals surface area contributed by atoms with Crippen LogP contribution in [-0.2, 0) is 23.7 Å². The van der Waals surface area contributed by atoms with Gasteiger partial charge in [-0.05, 0) is 44.9 Å². The molecule has 1 aliphatic heterocycles. The van der Waals surface area contributed by atoms with Crippen molar-refractivity contribution in [1.82, 2.24) is 0 Å². The van der Waals surface area contributed by atoms with Gasteiger partial charge in [-0.3, -0.25) is 4.79 Å². The second-order valence-corrected chi connectivity index (χ2v) is 11.6.